The Morgan fingerprint density at radius 3 is 2.30 bits per heavy atom. The van der Waals surface area contributed by atoms with Gasteiger partial charge < -0.3 is 14.2 Å². The van der Waals surface area contributed by atoms with Gasteiger partial charge in [0.15, 0.2) is 0 Å². The molecule has 0 aliphatic heterocycles. The van der Waals surface area contributed by atoms with Crippen molar-refractivity contribution in [3.63, 3.8) is 0 Å². The fourth-order valence-corrected chi connectivity index (χ4v) is 6.93. The molecule has 0 spiro atoms. The van der Waals surface area contributed by atoms with Crippen molar-refractivity contribution < 1.29 is 23.8 Å². The molecular weight excluding hydrogens is 344 g/mol. The molecule has 8 unspecified atom stereocenters. The molecule has 0 saturated heterocycles. The lowest BCUT2D eigenvalue weighted by Crippen LogP contribution is -2.59. The van der Waals surface area contributed by atoms with Crippen LogP contribution in [0.15, 0.2) is 12.2 Å². The van der Waals surface area contributed by atoms with E-state index < -0.39 is 12.1 Å². The number of hydrogen-bond donors (Lipinski definition) is 0. The summed E-state index contributed by atoms with van der Waals surface area (Å²) in [5.74, 6) is 4.91. The van der Waals surface area contributed by atoms with E-state index in [1.54, 1.807) is 6.92 Å². The summed E-state index contributed by atoms with van der Waals surface area (Å²) in [6.07, 6.45) is 7.06. The SMILES string of the molecule is C=C(C)C(=O)OCCOC(=O)OC1CC2CCC1C1C3CCC(CC3C)C21. The number of fused-ring (bicyclic) bond motifs is 4. The zero-order valence-corrected chi connectivity index (χ0v) is 16.5. The first-order valence-electron chi connectivity index (χ1n) is 10.6. The molecule has 0 radical (unpaired) electrons. The summed E-state index contributed by atoms with van der Waals surface area (Å²) in [7, 11) is 0. The maximum Gasteiger partial charge on any atom is 0.508 e. The van der Waals surface area contributed by atoms with E-state index in [4.69, 9.17) is 14.2 Å². The van der Waals surface area contributed by atoms with Crippen LogP contribution >= 0.6 is 0 Å². The highest BCUT2D eigenvalue weighted by molar-refractivity contribution is 5.86. The van der Waals surface area contributed by atoms with Crippen LogP contribution in [0, 0.1) is 41.4 Å². The van der Waals surface area contributed by atoms with Crippen molar-refractivity contribution in [1.82, 2.24) is 0 Å². The normalized spacial score (nSPS) is 41.6. The minimum absolute atomic E-state index is 0.00187. The van der Waals surface area contributed by atoms with Gasteiger partial charge in [-0.05, 0) is 86.9 Å². The van der Waals surface area contributed by atoms with Crippen molar-refractivity contribution in [2.75, 3.05) is 13.2 Å². The van der Waals surface area contributed by atoms with Gasteiger partial charge in [0.1, 0.15) is 19.3 Å². The number of carbonyl (C=O) groups is 2. The van der Waals surface area contributed by atoms with Gasteiger partial charge in [-0.25, -0.2) is 9.59 Å². The van der Waals surface area contributed by atoms with Crippen LogP contribution in [0.1, 0.15) is 52.4 Å². The number of ether oxygens (including phenoxy) is 3. The molecule has 0 aromatic carbocycles. The van der Waals surface area contributed by atoms with Gasteiger partial charge >= 0.3 is 12.1 Å². The highest BCUT2D eigenvalue weighted by Crippen LogP contribution is 2.64. The highest BCUT2D eigenvalue weighted by Gasteiger charge is 2.59. The maximum atomic E-state index is 12.1. The van der Waals surface area contributed by atoms with E-state index in [9.17, 15) is 9.59 Å². The van der Waals surface area contributed by atoms with E-state index in [0.717, 1.165) is 41.9 Å². The molecule has 27 heavy (non-hydrogen) atoms. The molecule has 5 heteroatoms. The van der Waals surface area contributed by atoms with Crippen LogP contribution in [0.5, 0.6) is 0 Å². The summed E-state index contributed by atoms with van der Waals surface area (Å²) in [5.41, 5.74) is 0.335. The van der Waals surface area contributed by atoms with Gasteiger partial charge in [-0.1, -0.05) is 13.5 Å². The fourth-order valence-electron chi connectivity index (χ4n) is 6.93. The van der Waals surface area contributed by atoms with Gasteiger partial charge in [0.25, 0.3) is 0 Å². The summed E-state index contributed by atoms with van der Waals surface area (Å²) in [6.45, 7) is 7.57. The van der Waals surface area contributed by atoms with Gasteiger partial charge in [0.2, 0.25) is 0 Å². The Morgan fingerprint density at radius 1 is 0.926 bits per heavy atom. The van der Waals surface area contributed by atoms with Crippen molar-refractivity contribution in [2.45, 2.75) is 58.5 Å². The summed E-state index contributed by atoms with van der Waals surface area (Å²) < 4.78 is 15.8. The van der Waals surface area contributed by atoms with E-state index in [1.165, 1.54) is 32.1 Å². The molecule has 6 aliphatic carbocycles. The zero-order chi connectivity index (χ0) is 19.1. The van der Waals surface area contributed by atoms with E-state index in [2.05, 4.69) is 13.5 Å². The van der Waals surface area contributed by atoms with Crippen LogP contribution in [-0.2, 0) is 19.0 Å². The Bertz CT molecular complexity index is 614. The molecule has 0 aromatic rings. The Kier molecular flexibility index (Phi) is 5.21. The lowest BCUT2D eigenvalue weighted by Gasteiger charge is -2.63. The average Bonchev–Trinajstić information content (AvgIpc) is 2.65. The second kappa shape index (κ2) is 7.48. The zero-order valence-electron chi connectivity index (χ0n) is 16.5. The number of rotatable bonds is 5. The number of hydrogen-bond acceptors (Lipinski definition) is 5. The second-order valence-electron chi connectivity index (χ2n) is 9.28. The van der Waals surface area contributed by atoms with Gasteiger partial charge in [0, 0.05) is 5.57 Å². The molecule has 8 atom stereocenters. The molecule has 6 aliphatic rings. The minimum Gasteiger partial charge on any atom is -0.459 e. The molecule has 0 amide bonds. The lowest BCUT2D eigenvalue weighted by atomic mass is 9.43. The Balaban J connectivity index is 1.30. The van der Waals surface area contributed by atoms with Gasteiger partial charge in [-0.15, -0.1) is 0 Å². The molecule has 4 bridgehead atoms. The first kappa shape index (κ1) is 18.8. The van der Waals surface area contributed by atoms with Crippen molar-refractivity contribution in [3.8, 4) is 0 Å². The lowest BCUT2D eigenvalue weighted by molar-refractivity contribution is -0.174. The predicted molar refractivity (Wildman–Crippen MR) is 99.8 cm³/mol. The van der Waals surface area contributed by atoms with Crippen molar-refractivity contribution in [1.29, 1.82) is 0 Å². The van der Waals surface area contributed by atoms with Crippen LogP contribution in [0.4, 0.5) is 4.79 Å². The minimum atomic E-state index is -0.621. The van der Waals surface area contributed by atoms with Crippen molar-refractivity contribution >= 4 is 12.1 Å². The topological polar surface area (TPSA) is 61.8 Å². The van der Waals surface area contributed by atoms with Crippen LogP contribution in [-0.4, -0.2) is 31.4 Å². The average molecular weight is 376 g/mol. The quantitative estimate of drug-likeness (QED) is 0.405. The first-order chi connectivity index (χ1) is 13.0. The van der Waals surface area contributed by atoms with Crippen molar-refractivity contribution in [3.05, 3.63) is 12.2 Å². The van der Waals surface area contributed by atoms with Crippen LogP contribution in [0.2, 0.25) is 0 Å². The highest BCUT2D eigenvalue weighted by atomic mass is 16.7. The largest absolute Gasteiger partial charge is 0.508 e. The smallest absolute Gasteiger partial charge is 0.459 e. The third-order valence-electron chi connectivity index (χ3n) is 7.81. The van der Waals surface area contributed by atoms with Gasteiger partial charge in [-0.3, -0.25) is 0 Å². The van der Waals surface area contributed by atoms with E-state index in [-0.39, 0.29) is 19.3 Å². The van der Waals surface area contributed by atoms with Gasteiger partial charge in [-0.2, -0.15) is 0 Å². The van der Waals surface area contributed by atoms with Crippen molar-refractivity contribution in [2.24, 2.45) is 41.4 Å². The Labute approximate surface area is 161 Å². The summed E-state index contributed by atoms with van der Waals surface area (Å²) in [4.78, 5) is 23.5. The summed E-state index contributed by atoms with van der Waals surface area (Å²) in [6, 6.07) is 0. The third kappa shape index (κ3) is 3.50. The van der Waals surface area contributed by atoms with Crippen LogP contribution in [0.25, 0.3) is 0 Å². The van der Waals surface area contributed by atoms with Crippen LogP contribution < -0.4 is 0 Å². The number of esters is 1. The molecular formula is C22H32O5. The third-order valence-corrected chi connectivity index (χ3v) is 7.81. The van der Waals surface area contributed by atoms with Gasteiger partial charge in [0.05, 0.1) is 0 Å². The Hall–Kier alpha value is -1.52. The standard InChI is InChI=1S/C22H32O5/c1-12(2)21(23)25-8-9-26-22(24)27-18-11-15-5-7-17(18)20-16-6-4-14(19(15)20)10-13(16)3/h13-20H,1,4-11H2,2-3H3. The summed E-state index contributed by atoms with van der Waals surface area (Å²) in [5, 5.41) is 0. The molecule has 0 aromatic heterocycles. The first-order valence-corrected chi connectivity index (χ1v) is 10.6. The monoisotopic (exact) mass is 376 g/mol. The molecule has 6 rings (SSSR count). The summed E-state index contributed by atoms with van der Waals surface area (Å²) >= 11 is 0. The second-order valence-corrected chi connectivity index (χ2v) is 9.28. The fraction of sp³-hybridized carbons (Fsp3) is 0.818. The van der Waals surface area contributed by atoms with E-state index >= 15 is 0 Å². The van der Waals surface area contributed by atoms with E-state index in [1.807, 2.05) is 0 Å². The molecule has 6 fully saturated rings. The molecule has 0 N–H and O–H groups in total. The number of carbonyl (C=O) groups excluding carboxylic acids is 2. The molecule has 6 saturated carbocycles. The molecule has 5 nitrogen and oxygen atoms in total. The maximum absolute atomic E-state index is 12.1. The van der Waals surface area contributed by atoms with Crippen LogP contribution in [0.3, 0.4) is 0 Å². The molecule has 150 valence electrons. The predicted octanol–water partition coefficient (Wildman–Crippen LogP) is 4.36. The molecule has 0 heterocycles. The van der Waals surface area contributed by atoms with E-state index in [0.29, 0.717) is 11.5 Å². The Morgan fingerprint density at radius 2 is 1.59 bits per heavy atom.